The molecule has 28 heavy (non-hydrogen) atoms. The summed E-state index contributed by atoms with van der Waals surface area (Å²) in [6.45, 7) is 1.68. The Hall–Kier alpha value is -2.89. The van der Waals surface area contributed by atoms with Gasteiger partial charge in [0.1, 0.15) is 5.76 Å². The Balaban J connectivity index is 2.18. The topological polar surface area (TPSA) is 41.9 Å². The molecule has 0 aliphatic heterocycles. The third kappa shape index (κ3) is 3.59. The molecule has 0 bridgehead atoms. The lowest BCUT2D eigenvalue weighted by Gasteiger charge is -2.12. The maximum Gasteiger partial charge on any atom is 0.449 e. The Labute approximate surface area is 155 Å². The molecule has 0 saturated carbocycles. The first-order valence-corrected chi connectivity index (χ1v) is 8.34. The average Bonchev–Trinajstić information content (AvgIpc) is 3.19. The van der Waals surface area contributed by atoms with Gasteiger partial charge >= 0.3 is 12.4 Å². The van der Waals surface area contributed by atoms with Gasteiger partial charge < -0.3 is 8.98 Å². The number of hydrogen-bond acceptors (Lipinski definition) is 2. The first-order chi connectivity index (χ1) is 13.1. The molecule has 0 saturated heterocycles. The van der Waals surface area contributed by atoms with Crippen molar-refractivity contribution in [3.63, 3.8) is 0 Å². The molecule has 2 aromatic heterocycles. The van der Waals surface area contributed by atoms with E-state index in [0.717, 1.165) is 18.2 Å². The van der Waals surface area contributed by atoms with Gasteiger partial charge in [0, 0.05) is 16.6 Å². The van der Waals surface area contributed by atoms with Gasteiger partial charge in [-0.3, -0.25) is 0 Å². The molecule has 0 aliphatic carbocycles. The fourth-order valence-electron chi connectivity index (χ4n) is 3.21. The number of fused-ring (bicyclic) bond motifs is 1. The van der Waals surface area contributed by atoms with Crippen molar-refractivity contribution in [3.05, 3.63) is 58.7 Å². The summed E-state index contributed by atoms with van der Waals surface area (Å²) in [5, 5.41) is 8.90. The molecule has 1 aromatic carbocycles. The lowest BCUT2D eigenvalue weighted by atomic mass is 10.0. The van der Waals surface area contributed by atoms with E-state index in [1.165, 1.54) is 16.7 Å². The second-order valence-electron chi connectivity index (χ2n) is 6.27. The van der Waals surface area contributed by atoms with Gasteiger partial charge in [0.2, 0.25) is 5.76 Å². The van der Waals surface area contributed by atoms with Gasteiger partial charge in [-0.2, -0.15) is 31.6 Å². The van der Waals surface area contributed by atoms with Crippen molar-refractivity contribution in [2.24, 2.45) is 0 Å². The van der Waals surface area contributed by atoms with E-state index in [0.29, 0.717) is 18.5 Å². The number of aromatic nitrogens is 1. The van der Waals surface area contributed by atoms with E-state index in [4.69, 9.17) is 9.68 Å². The van der Waals surface area contributed by atoms with Crippen LogP contribution in [0, 0.1) is 11.3 Å². The summed E-state index contributed by atoms with van der Waals surface area (Å²) in [5.74, 6) is -1.20. The molecular weight excluding hydrogens is 386 g/mol. The molecule has 3 aromatic rings. The Morgan fingerprint density at radius 1 is 1.04 bits per heavy atom. The summed E-state index contributed by atoms with van der Waals surface area (Å²) >= 11 is 0. The van der Waals surface area contributed by atoms with E-state index in [2.05, 4.69) is 0 Å². The summed E-state index contributed by atoms with van der Waals surface area (Å²) < 4.78 is 85.2. The molecule has 0 atom stereocenters. The summed E-state index contributed by atoms with van der Waals surface area (Å²) in [6, 6.07) is 7.27. The fraction of sp³-hybridized carbons (Fsp3) is 0.316. The van der Waals surface area contributed by atoms with E-state index < -0.39 is 29.2 Å². The van der Waals surface area contributed by atoms with Crippen LogP contribution in [0.4, 0.5) is 26.3 Å². The molecule has 3 nitrogen and oxygen atoms in total. The molecular formula is C19H14F6N2O. The first kappa shape index (κ1) is 19.9. The maximum absolute atomic E-state index is 13.5. The summed E-state index contributed by atoms with van der Waals surface area (Å²) in [7, 11) is 0. The Morgan fingerprint density at radius 2 is 1.75 bits per heavy atom. The van der Waals surface area contributed by atoms with Crippen LogP contribution in [-0.2, 0) is 25.3 Å². The van der Waals surface area contributed by atoms with Gasteiger partial charge in [-0.15, -0.1) is 0 Å². The van der Waals surface area contributed by atoms with E-state index in [1.807, 2.05) is 6.92 Å². The minimum absolute atomic E-state index is 0.0277. The average molecular weight is 400 g/mol. The van der Waals surface area contributed by atoms with Gasteiger partial charge in [-0.1, -0.05) is 13.3 Å². The lowest BCUT2D eigenvalue weighted by Crippen LogP contribution is -2.09. The fourth-order valence-corrected chi connectivity index (χ4v) is 3.21. The molecule has 2 heterocycles. The summed E-state index contributed by atoms with van der Waals surface area (Å²) in [5.41, 5.74) is -0.848. The van der Waals surface area contributed by atoms with Crippen LogP contribution in [0.25, 0.3) is 10.9 Å². The number of halogens is 6. The molecule has 148 valence electrons. The highest BCUT2D eigenvalue weighted by atomic mass is 19.4. The molecule has 0 fully saturated rings. The molecule has 0 radical (unpaired) electrons. The summed E-state index contributed by atoms with van der Waals surface area (Å²) in [6.07, 6.45) is -8.35. The highest BCUT2D eigenvalue weighted by molar-refractivity contribution is 5.87. The predicted octanol–water partition coefficient (Wildman–Crippen LogP) is 6.14. The van der Waals surface area contributed by atoms with Crippen LogP contribution < -0.4 is 0 Å². The largest absolute Gasteiger partial charge is 0.455 e. The zero-order chi connectivity index (χ0) is 20.7. The SMILES string of the molecule is CCCc1cc2c(C(F)(F)F)c(C#N)ccc2n1Cc1ccc(C(F)(F)F)o1. The molecule has 9 heteroatoms. The minimum atomic E-state index is -4.74. The Morgan fingerprint density at radius 3 is 2.29 bits per heavy atom. The number of furan rings is 1. The van der Waals surface area contributed by atoms with E-state index in [9.17, 15) is 26.3 Å². The van der Waals surface area contributed by atoms with Crippen molar-refractivity contribution in [2.45, 2.75) is 38.7 Å². The maximum atomic E-state index is 13.5. The number of hydrogen-bond donors (Lipinski definition) is 0. The standard InChI is InChI=1S/C19H14F6N2O/c1-2-3-12-8-14-15(6-4-11(9-26)17(14)19(23,24)25)27(12)10-13-5-7-16(28-13)18(20,21)22/h4-8H,2-3,10H2,1H3. The van der Waals surface area contributed by atoms with Gasteiger partial charge in [0.05, 0.1) is 23.7 Å². The quantitative estimate of drug-likeness (QED) is 0.494. The van der Waals surface area contributed by atoms with Crippen LogP contribution in [0.15, 0.2) is 34.7 Å². The second-order valence-corrected chi connectivity index (χ2v) is 6.27. The summed E-state index contributed by atoms with van der Waals surface area (Å²) in [4.78, 5) is 0. The first-order valence-electron chi connectivity index (χ1n) is 8.34. The molecule has 0 N–H and O–H groups in total. The zero-order valence-corrected chi connectivity index (χ0v) is 14.6. The second kappa shape index (κ2) is 6.93. The molecule has 0 unspecified atom stereocenters. The van der Waals surface area contributed by atoms with Gasteiger partial charge in [-0.05, 0) is 36.8 Å². The minimum Gasteiger partial charge on any atom is -0.455 e. The van der Waals surface area contributed by atoms with E-state index >= 15 is 0 Å². The Bertz CT molecular complexity index is 1050. The number of rotatable bonds is 4. The van der Waals surface area contributed by atoms with E-state index in [-0.39, 0.29) is 23.2 Å². The normalized spacial score (nSPS) is 12.5. The molecule has 0 aliphatic rings. The number of nitrogens with zero attached hydrogens (tertiary/aromatic N) is 2. The van der Waals surface area contributed by atoms with Crippen molar-refractivity contribution in [2.75, 3.05) is 0 Å². The van der Waals surface area contributed by atoms with Crippen LogP contribution in [0.2, 0.25) is 0 Å². The molecule has 0 amide bonds. The highest BCUT2D eigenvalue weighted by Crippen LogP contribution is 2.39. The Kier molecular flexibility index (Phi) is 4.91. The van der Waals surface area contributed by atoms with Gasteiger partial charge in [0.15, 0.2) is 0 Å². The smallest absolute Gasteiger partial charge is 0.449 e. The molecule has 0 spiro atoms. The zero-order valence-electron chi connectivity index (χ0n) is 14.6. The van der Waals surface area contributed by atoms with Gasteiger partial charge in [-0.25, -0.2) is 0 Å². The van der Waals surface area contributed by atoms with Crippen LogP contribution >= 0.6 is 0 Å². The van der Waals surface area contributed by atoms with E-state index in [1.54, 1.807) is 6.07 Å². The van der Waals surface area contributed by atoms with Crippen molar-refractivity contribution in [1.29, 1.82) is 5.26 Å². The van der Waals surface area contributed by atoms with Gasteiger partial charge in [0.25, 0.3) is 0 Å². The highest BCUT2D eigenvalue weighted by Gasteiger charge is 2.37. The monoisotopic (exact) mass is 400 g/mol. The van der Waals surface area contributed by atoms with Crippen molar-refractivity contribution < 1.29 is 30.8 Å². The third-order valence-electron chi connectivity index (χ3n) is 4.34. The number of nitriles is 1. The van der Waals surface area contributed by atoms with Crippen LogP contribution in [0.5, 0.6) is 0 Å². The third-order valence-corrected chi connectivity index (χ3v) is 4.34. The van der Waals surface area contributed by atoms with Crippen molar-refractivity contribution in [3.8, 4) is 6.07 Å². The van der Waals surface area contributed by atoms with Crippen LogP contribution in [0.3, 0.4) is 0 Å². The van der Waals surface area contributed by atoms with Crippen molar-refractivity contribution in [1.82, 2.24) is 4.57 Å². The number of aryl methyl sites for hydroxylation is 1. The lowest BCUT2D eigenvalue weighted by molar-refractivity contribution is -0.153. The van der Waals surface area contributed by atoms with Crippen molar-refractivity contribution >= 4 is 10.9 Å². The van der Waals surface area contributed by atoms with Crippen LogP contribution in [-0.4, -0.2) is 4.57 Å². The predicted molar refractivity (Wildman–Crippen MR) is 88.5 cm³/mol. The number of benzene rings is 1. The van der Waals surface area contributed by atoms with Crippen LogP contribution in [0.1, 0.15) is 41.7 Å². The molecule has 3 rings (SSSR count). The number of alkyl halides is 6.